The summed E-state index contributed by atoms with van der Waals surface area (Å²) >= 11 is 12.1. The first-order valence-electron chi connectivity index (χ1n) is 12.7. The summed E-state index contributed by atoms with van der Waals surface area (Å²) in [5.41, 5.74) is 0.602. The summed E-state index contributed by atoms with van der Waals surface area (Å²) in [6.07, 6.45) is 1.78. The van der Waals surface area contributed by atoms with Crippen molar-refractivity contribution >= 4 is 35.0 Å². The number of benzene rings is 2. The fourth-order valence-corrected chi connectivity index (χ4v) is 5.05. The maximum atomic E-state index is 13.3. The molecule has 7 nitrogen and oxygen atoms in total. The summed E-state index contributed by atoms with van der Waals surface area (Å²) in [6.45, 7) is 6.70. The predicted octanol–water partition coefficient (Wildman–Crippen LogP) is 4.53. The third-order valence-corrected chi connectivity index (χ3v) is 8.09. The molecule has 0 aromatic heterocycles. The molecule has 2 saturated heterocycles. The Labute approximate surface area is 229 Å². The predicted molar refractivity (Wildman–Crippen MR) is 146 cm³/mol. The molecule has 0 bridgehead atoms. The highest BCUT2D eigenvalue weighted by Crippen LogP contribution is 2.37. The van der Waals surface area contributed by atoms with Gasteiger partial charge in [0.2, 0.25) is 5.91 Å². The Bertz CT molecular complexity index is 1080. The number of likely N-dealkylation sites (tertiary alicyclic amines) is 1. The SMILES string of the molecule is Cc1cc(OCC2(CC(=O)N3CCN(C)CC3)CCN(C(=O)COc3ccc(Cl)cc3)CC2)ccc1Cl. The summed E-state index contributed by atoms with van der Waals surface area (Å²) in [7, 11) is 2.08. The quantitative estimate of drug-likeness (QED) is 0.485. The molecule has 2 aromatic carbocycles. The number of carbonyl (C=O) groups excluding carboxylic acids is 2. The number of carbonyl (C=O) groups is 2. The second-order valence-electron chi connectivity index (χ2n) is 10.2. The highest BCUT2D eigenvalue weighted by atomic mass is 35.5. The van der Waals surface area contributed by atoms with Gasteiger partial charge in [0, 0.05) is 61.1 Å². The standard InChI is InChI=1S/C28H35Cl2N3O4/c1-21-17-24(7-8-25(21)30)37-20-28(18-26(34)33-15-13-31(2)14-16-33)9-11-32(12-10-28)27(35)19-36-23-5-3-22(29)4-6-23/h3-8,17H,9-16,18-20H2,1-2H3. The number of halogens is 2. The fraction of sp³-hybridized carbons (Fsp3) is 0.500. The van der Waals surface area contributed by atoms with Crippen LogP contribution in [-0.2, 0) is 9.59 Å². The van der Waals surface area contributed by atoms with Gasteiger partial charge in [0.25, 0.3) is 5.91 Å². The van der Waals surface area contributed by atoms with Crippen molar-refractivity contribution in [2.24, 2.45) is 5.41 Å². The molecule has 200 valence electrons. The van der Waals surface area contributed by atoms with Gasteiger partial charge in [0.15, 0.2) is 6.61 Å². The molecule has 2 amide bonds. The van der Waals surface area contributed by atoms with E-state index in [0.717, 1.165) is 37.5 Å². The number of aryl methyl sites for hydroxylation is 1. The topological polar surface area (TPSA) is 62.3 Å². The van der Waals surface area contributed by atoms with Crippen molar-refractivity contribution in [3.63, 3.8) is 0 Å². The molecule has 4 rings (SSSR count). The molecule has 2 aliphatic rings. The van der Waals surface area contributed by atoms with Crippen LogP contribution in [0.3, 0.4) is 0 Å². The molecule has 0 spiro atoms. The van der Waals surface area contributed by atoms with E-state index >= 15 is 0 Å². The van der Waals surface area contributed by atoms with Gasteiger partial charge in [0.05, 0.1) is 6.61 Å². The molecule has 0 unspecified atom stereocenters. The minimum Gasteiger partial charge on any atom is -0.493 e. The molecule has 0 radical (unpaired) electrons. The van der Waals surface area contributed by atoms with E-state index in [9.17, 15) is 9.59 Å². The normalized spacial score (nSPS) is 17.9. The van der Waals surface area contributed by atoms with Crippen LogP contribution < -0.4 is 9.47 Å². The lowest BCUT2D eigenvalue weighted by molar-refractivity contribution is -0.140. The number of amides is 2. The Balaban J connectivity index is 1.38. The number of nitrogens with zero attached hydrogens (tertiary/aromatic N) is 3. The lowest BCUT2D eigenvalue weighted by Gasteiger charge is -2.42. The summed E-state index contributed by atoms with van der Waals surface area (Å²) < 4.78 is 11.9. The van der Waals surface area contributed by atoms with Crippen LogP contribution in [0.1, 0.15) is 24.8 Å². The smallest absolute Gasteiger partial charge is 0.260 e. The Morgan fingerprint density at radius 2 is 1.46 bits per heavy atom. The van der Waals surface area contributed by atoms with Crippen molar-refractivity contribution in [3.05, 3.63) is 58.1 Å². The molecule has 37 heavy (non-hydrogen) atoms. The molecular formula is C28H35Cl2N3O4. The van der Waals surface area contributed by atoms with Crippen molar-refractivity contribution in [1.82, 2.24) is 14.7 Å². The Hall–Kier alpha value is -2.48. The molecule has 0 N–H and O–H groups in total. The molecule has 2 aliphatic heterocycles. The van der Waals surface area contributed by atoms with E-state index < -0.39 is 0 Å². The number of piperazine rings is 1. The number of likely N-dealkylation sites (N-methyl/N-ethyl adjacent to an activating group) is 1. The van der Waals surface area contributed by atoms with E-state index in [1.165, 1.54) is 0 Å². The van der Waals surface area contributed by atoms with Crippen LogP contribution in [0.5, 0.6) is 11.5 Å². The maximum absolute atomic E-state index is 13.3. The zero-order valence-electron chi connectivity index (χ0n) is 21.6. The van der Waals surface area contributed by atoms with Crippen molar-refractivity contribution in [2.45, 2.75) is 26.2 Å². The zero-order valence-corrected chi connectivity index (χ0v) is 23.1. The first-order valence-corrected chi connectivity index (χ1v) is 13.5. The average Bonchev–Trinajstić information content (AvgIpc) is 2.90. The van der Waals surface area contributed by atoms with Gasteiger partial charge in [-0.1, -0.05) is 23.2 Å². The summed E-state index contributed by atoms with van der Waals surface area (Å²) in [6, 6.07) is 12.6. The van der Waals surface area contributed by atoms with Crippen molar-refractivity contribution in [1.29, 1.82) is 0 Å². The van der Waals surface area contributed by atoms with Crippen LogP contribution in [0.4, 0.5) is 0 Å². The van der Waals surface area contributed by atoms with E-state index in [1.807, 2.05) is 34.9 Å². The van der Waals surface area contributed by atoms with Crippen LogP contribution in [0.25, 0.3) is 0 Å². The van der Waals surface area contributed by atoms with E-state index in [1.54, 1.807) is 24.3 Å². The number of hydrogen-bond donors (Lipinski definition) is 0. The van der Waals surface area contributed by atoms with E-state index in [2.05, 4.69) is 11.9 Å². The monoisotopic (exact) mass is 547 g/mol. The van der Waals surface area contributed by atoms with Crippen LogP contribution >= 0.6 is 23.2 Å². The third-order valence-electron chi connectivity index (χ3n) is 7.41. The molecule has 2 aromatic rings. The number of piperidine rings is 1. The van der Waals surface area contributed by atoms with Crippen LogP contribution in [0.2, 0.25) is 10.0 Å². The highest BCUT2D eigenvalue weighted by molar-refractivity contribution is 6.31. The van der Waals surface area contributed by atoms with Crippen molar-refractivity contribution in [2.75, 3.05) is 59.5 Å². The third kappa shape index (κ3) is 7.53. The fourth-order valence-electron chi connectivity index (χ4n) is 4.80. The number of rotatable bonds is 8. The second kappa shape index (κ2) is 12.4. The zero-order chi connectivity index (χ0) is 26.4. The Morgan fingerprint density at radius 3 is 2.11 bits per heavy atom. The van der Waals surface area contributed by atoms with Gasteiger partial charge in [-0.3, -0.25) is 9.59 Å². The second-order valence-corrected chi connectivity index (χ2v) is 11.0. The van der Waals surface area contributed by atoms with Crippen LogP contribution in [0, 0.1) is 12.3 Å². The van der Waals surface area contributed by atoms with Gasteiger partial charge in [-0.25, -0.2) is 0 Å². The van der Waals surface area contributed by atoms with Crippen LogP contribution in [0.15, 0.2) is 42.5 Å². The van der Waals surface area contributed by atoms with E-state index in [-0.39, 0.29) is 23.8 Å². The van der Waals surface area contributed by atoms with Gasteiger partial charge in [-0.2, -0.15) is 0 Å². The van der Waals surface area contributed by atoms with Gasteiger partial charge >= 0.3 is 0 Å². The summed E-state index contributed by atoms with van der Waals surface area (Å²) in [4.78, 5) is 32.2. The molecule has 0 saturated carbocycles. The average molecular weight is 549 g/mol. The van der Waals surface area contributed by atoms with E-state index in [0.29, 0.717) is 54.8 Å². The first-order chi connectivity index (χ1) is 17.7. The van der Waals surface area contributed by atoms with Crippen molar-refractivity contribution in [3.8, 4) is 11.5 Å². The van der Waals surface area contributed by atoms with Gasteiger partial charge in [-0.05, 0) is 74.8 Å². The maximum Gasteiger partial charge on any atom is 0.260 e. The lowest BCUT2D eigenvalue weighted by Crippen LogP contribution is -2.51. The van der Waals surface area contributed by atoms with Crippen molar-refractivity contribution < 1.29 is 19.1 Å². The largest absolute Gasteiger partial charge is 0.493 e. The van der Waals surface area contributed by atoms with E-state index in [4.69, 9.17) is 32.7 Å². The molecule has 0 atom stereocenters. The summed E-state index contributed by atoms with van der Waals surface area (Å²) in [5.74, 6) is 1.44. The number of ether oxygens (including phenoxy) is 2. The Kier molecular flexibility index (Phi) is 9.22. The molecule has 9 heteroatoms. The molecule has 0 aliphatic carbocycles. The minimum absolute atomic E-state index is 0.0323. The Morgan fingerprint density at radius 1 is 0.838 bits per heavy atom. The highest BCUT2D eigenvalue weighted by Gasteiger charge is 2.40. The summed E-state index contributed by atoms with van der Waals surface area (Å²) in [5, 5.41) is 1.31. The lowest BCUT2D eigenvalue weighted by atomic mass is 9.75. The molecule has 2 heterocycles. The number of hydrogen-bond acceptors (Lipinski definition) is 5. The van der Waals surface area contributed by atoms with Gasteiger partial charge < -0.3 is 24.2 Å². The van der Waals surface area contributed by atoms with Crippen LogP contribution in [-0.4, -0.2) is 86.0 Å². The minimum atomic E-state index is -0.345. The molecule has 2 fully saturated rings. The first kappa shape index (κ1) is 27.6. The molecular weight excluding hydrogens is 513 g/mol. The van der Waals surface area contributed by atoms with Gasteiger partial charge in [-0.15, -0.1) is 0 Å². The van der Waals surface area contributed by atoms with Gasteiger partial charge in [0.1, 0.15) is 11.5 Å².